The minimum absolute atomic E-state index is 0.0229. The molecule has 1 heterocycles. The van der Waals surface area contributed by atoms with Gasteiger partial charge in [0.05, 0.1) is 10.9 Å². The van der Waals surface area contributed by atoms with Gasteiger partial charge in [-0.25, -0.2) is 8.42 Å². The second-order valence-electron chi connectivity index (χ2n) is 8.10. The van der Waals surface area contributed by atoms with Crippen LogP contribution in [0.1, 0.15) is 48.9 Å². The van der Waals surface area contributed by atoms with Gasteiger partial charge in [-0.3, -0.25) is 4.79 Å². The zero-order valence-electron chi connectivity index (χ0n) is 16.8. The highest BCUT2D eigenvalue weighted by Crippen LogP contribution is 2.27. The second-order valence-corrected chi connectivity index (χ2v) is 10.0. The number of aryl methyl sites for hydroxylation is 2. The van der Waals surface area contributed by atoms with Crippen molar-refractivity contribution in [2.75, 3.05) is 13.1 Å². The molecule has 1 saturated heterocycles. The van der Waals surface area contributed by atoms with Crippen LogP contribution in [0.15, 0.2) is 53.4 Å². The molecule has 154 valence electrons. The molecule has 29 heavy (non-hydrogen) atoms. The van der Waals surface area contributed by atoms with Crippen LogP contribution in [0, 0.1) is 5.92 Å². The molecule has 0 bridgehead atoms. The number of nitrogens with zero attached hydrogens (tertiary/aromatic N) is 1. The quantitative estimate of drug-likeness (QED) is 0.818. The number of rotatable bonds is 5. The number of benzene rings is 2. The van der Waals surface area contributed by atoms with E-state index < -0.39 is 10.0 Å². The molecule has 1 aliphatic heterocycles. The van der Waals surface area contributed by atoms with Gasteiger partial charge in [-0.1, -0.05) is 36.4 Å². The maximum Gasteiger partial charge on any atom is 0.243 e. The van der Waals surface area contributed by atoms with Crippen molar-refractivity contribution in [2.45, 2.75) is 50.0 Å². The summed E-state index contributed by atoms with van der Waals surface area (Å²) < 4.78 is 27.0. The van der Waals surface area contributed by atoms with Crippen LogP contribution in [0.3, 0.4) is 0 Å². The zero-order chi connectivity index (χ0) is 20.4. The highest BCUT2D eigenvalue weighted by atomic mass is 32.2. The van der Waals surface area contributed by atoms with Crippen LogP contribution in [0.4, 0.5) is 0 Å². The van der Waals surface area contributed by atoms with Crippen molar-refractivity contribution in [1.82, 2.24) is 9.62 Å². The third-order valence-electron chi connectivity index (χ3n) is 6.19. The molecule has 1 fully saturated rings. The van der Waals surface area contributed by atoms with E-state index in [1.54, 1.807) is 30.3 Å². The third-order valence-corrected chi connectivity index (χ3v) is 8.10. The Morgan fingerprint density at radius 2 is 1.72 bits per heavy atom. The fourth-order valence-corrected chi connectivity index (χ4v) is 5.87. The number of nitrogens with one attached hydrogen (secondary N) is 1. The van der Waals surface area contributed by atoms with E-state index in [4.69, 9.17) is 0 Å². The average Bonchev–Trinajstić information content (AvgIpc) is 3.22. The number of carbonyl (C=O) groups excluding carboxylic acids is 1. The lowest BCUT2D eigenvalue weighted by atomic mass is 9.96. The van der Waals surface area contributed by atoms with Gasteiger partial charge < -0.3 is 5.32 Å². The molecule has 1 amide bonds. The van der Waals surface area contributed by atoms with Gasteiger partial charge in [-0.2, -0.15) is 4.31 Å². The van der Waals surface area contributed by atoms with Gasteiger partial charge >= 0.3 is 0 Å². The van der Waals surface area contributed by atoms with Crippen LogP contribution in [0.25, 0.3) is 0 Å². The molecule has 0 radical (unpaired) electrons. The van der Waals surface area contributed by atoms with Gasteiger partial charge in [0, 0.05) is 19.0 Å². The summed E-state index contributed by atoms with van der Waals surface area (Å²) in [6, 6.07) is 15.0. The number of hydrogen-bond acceptors (Lipinski definition) is 3. The van der Waals surface area contributed by atoms with Crippen LogP contribution < -0.4 is 5.32 Å². The fraction of sp³-hybridized carbons (Fsp3) is 0.435. The number of fused-ring (bicyclic) bond motifs is 1. The van der Waals surface area contributed by atoms with E-state index in [9.17, 15) is 13.2 Å². The van der Waals surface area contributed by atoms with Crippen molar-refractivity contribution in [2.24, 2.45) is 5.92 Å². The van der Waals surface area contributed by atoms with Gasteiger partial charge in [0.15, 0.2) is 0 Å². The average molecular weight is 413 g/mol. The molecular formula is C23H28N2O3S. The Morgan fingerprint density at radius 1 is 1.03 bits per heavy atom. The predicted molar refractivity (Wildman–Crippen MR) is 113 cm³/mol. The molecular weight excluding hydrogens is 384 g/mol. The van der Waals surface area contributed by atoms with Gasteiger partial charge in [0.2, 0.25) is 15.9 Å². The van der Waals surface area contributed by atoms with E-state index in [1.807, 2.05) is 6.92 Å². The summed E-state index contributed by atoms with van der Waals surface area (Å²) in [5.41, 5.74) is 3.98. The summed E-state index contributed by atoms with van der Waals surface area (Å²) in [6.07, 6.45) is 4.59. The van der Waals surface area contributed by atoms with E-state index in [0.29, 0.717) is 30.8 Å². The maximum absolute atomic E-state index is 12.8. The molecule has 4 rings (SSSR count). The van der Waals surface area contributed by atoms with Crippen LogP contribution in [-0.4, -0.2) is 31.7 Å². The summed E-state index contributed by atoms with van der Waals surface area (Å²) in [4.78, 5) is 13.1. The first-order valence-corrected chi connectivity index (χ1v) is 11.9. The molecule has 0 spiro atoms. The molecule has 0 saturated carbocycles. The Labute approximate surface area is 173 Å². The van der Waals surface area contributed by atoms with Crippen molar-refractivity contribution in [3.05, 3.63) is 65.2 Å². The van der Waals surface area contributed by atoms with E-state index in [0.717, 1.165) is 18.4 Å². The number of sulfonamides is 1. The molecule has 2 aromatic carbocycles. The molecule has 1 atom stereocenters. The number of carbonyl (C=O) groups is 1. The Morgan fingerprint density at radius 3 is 2.45 bits per heavy atom. The zero-order valence-corrected chi connectivity index (χ0v) is 17.6. The molecule has 2 aromatic rings. The number of piperidine rings is 1. The summed E-state index contributed by atoms with van der Waals surface area (Å²) in [5, 5.41) is 3.14. The first-order chi connectivity index (χ1) is 13.9. The highest BCUT2D eigenvalue weighted by Gasteiger charge is 2.32. The molecule has 6 heteroatoms. The second kappa shape index (κ2) is 8.28. The SMILES string of the molecule is CC(NC(=O)C1CCN(S(=O)(=O)c2ccccc2)CC1)c1ccc2c(c1)CCC2. The van der Waals surface area contributed by atoms with E-state index >= 15 is 0 Å². The van der Waals surface area contributed by atoms with E-state index in [1.165, 1.54) is 21.9 Å². The topological polar surface area (TPSA) is 66.5 Å². The normalized spacial score (nSPS) is 18.9. The fourth-order valence-electron chi connectivity index (χ4n) is 4.38. The van der Waals surface area contributed by atoms with Crippen molar-refractivity contribution < 1.29 is 13.2 Å². The largest absolute Gasteiger partial charge is 0.349 e. The van der Waals surface area contributed by atoms with E-state index in [-0.39, 0.29) is 17.9 Å². The molecule has 1 N–H and O–H groups in total. The smallest absolute Gasteiger partial charge is 0.243 e. The summed E-state index contributed by atoms with van der Waals surface area (Å²) >= 11 is 0. The summed E-state index contributed by atoms with van der Waals surface area (Å²) in [7, 11) is -3.48. The third kappa shape index (κ3) is 4.23. The van der Waals surface area contributed by atoms with Crippen molar-refractivity contribution in [1.29, 1.82) is 0 Å². The molecule has 2 aliphatic rings. The number of hydrogen-bond donors (Lipinski definition) is 1. The number of amides is 1. The summed E-state index contributed by atoms with van der Waals surface area (Å²) in [5.74, 6) is -0.121. The Kier molecular flexibility index (Phi) is 5.74. The molecule has 1 unspecified atom stereocenters. The lowest BCUT2D eigenvalue weighted by Gasteiger charge is -2.31. The minimum Gasteiger partial charge on any atom is -0.349 e. The van der Waals surface area contributed by atoms with Gasteiger partial charge in [-0.15, -0.1) is 0 Å². The van der Waals surface area contributed by atoms with Crippen LogP contribution in [0.5, 0.6) is 0 Å². The van der Waals surface area contributed by atoms with Crippen molar-refractivity contribution in [3.63, 3.8) is 0 Å². The summed E-state index contributed by atoms with van der Waals surface area (Å²) in [6.45, 7) is 2.77. The predicted octanol–water partition coefficient (Wildman–Crippen LogP) is 3.45. The highest BCUT2D eigenvalue weighted by molar-refractivity contribution is 7.89. The van der Waals surface area contributed by atoms with Crippen molar-refractivity contribution >= 4 is 15.9 Å². The molecule has 0 aromatic heterocycles. The maximum atomic E-state index is 12.8. The van der Waals surface area contributed by atoms with E-state index in [2.05, 4.69) is 23.5 Å². The Balaban J connectivity index is 1.34. The minimum atomic E-state index is -3.48. The first kappa shape index (κ1) is 20.1. The van der Waals surface area contributed by atoms with Crippen LogP contribution in [-0.2, 0) is 27.7 Å². The van der Waals surface area contributed by atoms with Crippen LogP contribution in [0.2, 0.25) is 0 Å². The van der Waals surface area contributed by atoms with Gasteiger partial charge in [-0.05, 0) is 67.9 Å². The Bertz CT molecular complexity index is 980. The lowest BCUT2D eigenvalue weighted by Crippen LogP contribution is -2.43. The van der Waals surface area contributed by atoms with Gasteiger partial charge in [0.1, 0.15) is 0 Å². The molecule has 1 aliphatic carbocycles. The molecule has 5 nitrogen and oxygen atoms in total. The van der Waals surface area contributed by atoms with Crippen molar-refractivity contribution in [3.8, 4) is 0 Å². The first-order valence-electron chi connectivity index (χ1n) is 10.4. The Hall–Kier alpha value is -2.18. The van der Waals surface area contributed by atoms with Crippen LogP contribution >= 0.6 is 0 Å². The van der Waals surface area contributed by atoms with Gasteiger partial charge in [0.25, 0.3) is 0 Å². The lowest BCUT2D eigenvalue weighted by molar-refractivity contribution is -0.126. The standard InChI is InChI=1S/C23H28N2O3S/c1-17(20-11-10-18-6-5-7-21(18)16-20)24-23(26)19-12-14-25(15-13-19)29(27,28)22-8-3-2-4-9-22/h2-4,8-11,16-17,19H,5-7,12-15H2,1H3,(H,24,26). The monoisotopic (exact) mass is 412 g/mol.